The van der Waals surface area contributed by atoms with E-state index >= 15 is 0 Å². The maximum absolute atomic E-state index is 9.25. The molecule has 1 aromatic rings. The first-order valence-electron chi connectivity index (χ1n) is 3.47. The Labute approximate surface area is 69.3 Å². The van der Waals surface area contributed by atoms with E-state index in [0.717, 1.165) is 5.56 Å². The third-order valence-corrected chi connectivity index (χ3v) is 1.54. The lowest BCUT2D eigenvalue weighted by Gasteiger charge is -2.07. The molecule has 1 nitrogen and oxygen atoms in total. The summed E-state index contributed by atoms with van der Waals surface area (Å²) >= 11 is 0. The van der Waals surface area contributed by atoms with Gasteiger partial charge in [-0.25, -0.2) is 0 Å². The molecule has 0 saturated carbocycles. The van der Waals surface area contributed by atoms with Gasteiger partial charge in [-0.2, -0.15) is 0 Å². The van der Waals surface area contributed by atoms with Gasteiger partial charge in [-0.1, -0.05) is 36.0 Å². The van der Waals surface area contributed by atoms with Gasteiger partial charge in [0, 0.05) is 0 Å². The van der Waals surface area contributed by atoms with E-state index in [2.05, 4.69) is 0 Å². The average Bonchev–Trinajstić information content (AvgIpc) is 2.05. The van der Waals surface area contributed by atoms with Crippen molar-refractivity contribution in [2.75, 3.05) is 0 Å². The van der Waals surface area contributed by atoms with Gasteiger partial charge in [-0.3, -0.25) is 0 Å². The van der Waals surface area contributed by atoms with E-state index < -0.39 is 6.10 Å². The van der Waals surface area contributed by atoms with Crippen LogP contribution in [0.4, 0.5) is 0 Å². The largest absolute Gasteiger partial charge is 0.389 e. The molecular weight excluding hydrogens is 134 g/mol. The van der Waals surface area contributed by atoms with Crippen molar-refractivity contribution in [2.24, 2.45) is 0 Å². The van der Waals surface area contributed by atoms with E-state index in [1.54, 1.807) is 24.3 Å². The number of rotatable bonds is 2. The fourth-order valence-corrected chi connectivity index (χ4v) is 0.854. The molecule has 1 rings (SSSR count). The van der Waals surface area contributed by atoms with Crippen LogP contribution < -0.4 is 5.46 Å². The quantitative estimate of drug-likeness (QED) is 0.580. The van der Waals surface area contributed by atoms with Crippen molar-refractivity contribution in [1.29, 1.82) is 0 Å². The van der Waals surface area contributed by atoms with Gasteiger partial charge >= 0.3 is 0 Å². The molecule has 0 aliphatic carbocycles. The Hall–Kier alpha value is -0.690. The molecule has 0 unspecified atom stereocenters. The second-order valence-electron chi connectivity index (χ2n) is 2.42. The van der Waals surface area contributed by atoms with Crippen molar-refractivity contribution < 1.29 is 5.11 Å². The fourth-order valence-electron chi connectivity index (χ4n) is 0.854. The standard InChI is InChI=1S/C8H8B2O/c9-5-8(11)6-1-3-7(10)4-2-6/h1-4,8,11H,5H2/t8-/m1/s1. The van der Waals surface area contributed by atoms with E-state index in [1.807, 2.05) is 0 Å². The molecule has 0 heterocycles. The van der Waals surface area contributed by atoms with Crippen molar-refractivity contribution in [3.8, 4) is 0 Å². The summed E-state index contributed by atoms with van der Waals surface area (Å²) in [5.74, 6) is 0. The van der Waals surface area contributed by atoms with Crippen LogP contribution in [0, 0.1) is 0 Å². The Balaban J connectivity index is 2.81. The smallest absolute Gasteiger partial charge is 0.113 e. The summed E-state index contributed by atoms with van der Waals surface area (Å²) < 4.78 is 0. The predicted octanol–water partition coefficient (Wildman–Crippen LogP) is 0.101. The molecule has 0 bridgehead atoms. The van der Waals surface area contributed by atoms with Crippen LogP contribution in [-0.2, 0) is 0 Å². The molecule has 0 fully saturated rings. The Morgan fingerprint density at radius 1 is 1.27 bits per heavy atom. The Morgan fingerprint density at radius 3 is 2.27 bits per heavy atom. The van der Waals surface area contributed by atoms with E-state index in [-0.39, 0.29) is 6.32 Å². The monoisotopic (exact) mass is 142 g/mol. The van der Waals surface area contributed by atoms with Crippen molar-refractivity contribution in [1.82, 2.24) is 0 Å². The summed E-state index contributed by atoms with van der Waals surface area (Å²) in [6, 6.07) is 7.03. The zero-order chi connectivity index (χ0) is 8.27. The normalized spacial score (nSPS) is 12.8. The zero-order valence-corrected chi connectivity index (χ0v) is 6.20. The minimum atomic E-state index is -0.574. The number of hydrogen-bond donors (Lipinski definition) is 1. The summed E-state index contributed by atoms with van der Waals surface area (Å²) in [5.41, 5.74) is 1.50. The molecule has 0 saturated heterocycles. The lowest BCUT2D eigenvalue weighted by atomic mass is 9.90. The number of aliphatic hydroxyl groups excluding tert-OH is 1. The van der Waals surface area contributed by atoms with Crippen LogP contribution in [-0.4, -0.2) is 20.8 Å². The third-order valence-electron chi connectivity index (χ3n) is 1.54. The molecule has 0 spiro atoms. The van der Waals surface area contributed by atoms with Crippen molar-refractivity contribution in [3.63, 3.8) is 0 Å². The number of aliphatic hydroxyl groups is 1. The van der Waals surface area contributed by atoms with Crippen molar-refractivity contribution >= 4 is 21.2 Å². The first kappa shape index (κ1) is 8.41. The first-order chi connectivity index (χ1) is 5.24. The maximum Gasteiger partial charge on any atom is 0.113 e. The van der Waals surface area contributed by atoms with E-state index in [0.29, 0.717) is 5.46 Å². The third kappa shape index (κ3) is 2.12. The highest BCUT2D eigenvalue weighted by Gasteiger charge is 2.01. The van der Waals surface area contributed by atoms with Gasteiger partial charge in [0.15, 0.2) is 0 Å². The van der Waals surface area contributed by atoms with Gasteiger partial charge in [-0.05, 0) is 5.56 Å². The Bertz CT molecular complexity index is 220. The SMILES string of the molecule is [B]C[C@@H](O)c1ccc([B])cc1. The van der Waals surface area contributed by atoms with Crippen LogP contribution in [0.5, 0.6) is 0 Å². The molecule has 1 atom stereocenters. The van der Waals surface area contributed by atoms with Gasteiger partial charge in [0.25, 0.3) is 0 Å². The molecule has 0 amide bonds. The highest BCUT2D eigenvalue weighted by atomic mass is 16.3. The van der Waals surface area contributed by atoms with Gasteiger partial charge in [0.2, 0.25) is 0 Å². The molecule has 1 aromatic carbocycles. The van der Waals surface area contributed by atoms with Crippen molar-refractivity contribution in [3.05, 3.63) is 29.8 Å². The van der Waals surface area contributed by atoms with Crippen LogP contribution in [0.3, 0.4) is 0 Å². The zero-order valence-electron chi connectivity index (χ0n) is 6.20. The van der Waals surface area contributed by atoms with Crippen LogP contribution >= 0.6 is 0 Å². The molecule has 3 heteroatoms. The van der Waals surface area contributed by atoms with Gasteiger partial charge in [-0.15, -0.1) is 0 Å². The van der Waals surface area contributed by atoms with E-state index in [9.17, 15) is 5.11 Å². The molecule has 0 aliphatic rings. The van der Waals surface area contributed by atoms with E-state index in [1.165, 1.54) is 0 Å². The van der Waals surface area contributed by atoms with Crippen molar-refractivity contribution in [2.45, 2.75) is 12.4 Å². The summed E-state index contributed by atoms with van der Waals surface area (Å²) in [6.45, 7) is 0. The lowest BCUT2D eigenvalue weighted by molar-refractivity contribution is 0.200. The lowest BCUT2D eigenvalue weighted by Crippen LogP contribution is -2.03. The Morgan fingerprint density at radius 2 is 1.82 bits per heavy atom. The number of hydrogen-bond acceptors (Lipinski definition) is 1. The van der Waals surface area contributed by atoms with E-state index in [4.69, 9.17) is 15.7 Å². The minimum Gasteiger partial charge on any atom is -0.389 e. The topological polar surface area (TPSA) is 20.2 Å². The predicted molar refractivity (Wildman–Crippen MR) is 47.4 cm³/mol. The molecule has 11 heavy (non-hydrogen) atoms. The van der Waals surface area contributed by atoms with Crippen LogP contribution in [0.25, 0.3) is 0 Å². The summed E-state index contributed by atoms with van der Waals surface area (Å²) in [5, 5.41) is 9.25. The van der Waals surface area contributed by atoms with Gasteiger partial charge in [0.05, 0.1) is 14.0 Å². The minimum absolute atomic E-state index is 0.240. The molecule has 0 aliphatic heterocycles. The summed E-state index contributed by atoms with van der Waals surface area (Å²) in [6.07, 6.45) is -0.334. The molecule has 4 radical (unpaired) electrons. The maximum atomic E-state index is 9.25. The van der Waals surface area contributed by atoms with Crippen LogP contribution in [0.1, 0.15) is 11.7 Å². The molecule has 52 valence electrons. The molecule has 1 N–H and O–H groups in total. The fraction of sp³-hybridized carbons (Fsp3) is 0.250. The van der Waals surface area contributed by atoms with Gasteiger partial charge in [0.1, 0.15) is 7.85 Å². The second kappa shape index (κ2) is 3.63. The summed E-state index contributed by atoms with van der Waals surface area (Å²) in [4.78, 5) is 0. The second-order valence-corrected chi connectivity index (χ2v) is 2.42. The highest BCUT2D eigenvalue weighted by Crippen LogP contribution is 2.13. The van der Waals surface area contributed by atoms with Crippen LogP contribution in [0.15, 0.2) is 24.3 Å². The first-order valence-corrected chi connectivity index (χ1v) is 3.47. The summed E-state index contributed by atoms with van der Waals surface area (Å²) in [7, 11) is 10.7. The highest BCUT2D eigenvalue weighted by molar-refractivity contribution is 6.32. The van der Waals surface area contributed by atoms with Gasteiger partial charge < -0.3 is 5.11 Å². The number of benzene rings is 1. The average molecular weight is 142 g/mol. The van der Waals surface area contributed by atoms with Crippen LogP contribution in [0.2, 0.25) is 6.32 Å². The Kier molecular flexibility index (Phi) is 2.77. The molecular formula is C8H8B2O. The molecule has 0 aromatic heterocycles.